The summed E-state index contributed by atoms with van der Waals surface area (Å²) in [5, 5.41) is 9.60. The Kier molecular flexibility index (Phi) is 8.21. The molecule has 4 aromatic rings. The van der Waals surface area contributed by atoms with Crippen LogP contribution in [-0.4, -0.2) is 78.8 Å². The van der Waals surface area contributed by atoms with Crippen LogP contribution in [0.3, 0.4) is 0 Å². The lowest BCUT2D eigenvalue weighted by Gasteiger charge is -2.36. The van der Waals surface area contributed by atoms with Crippen molar-refractivity contribution >= 4 is 23.4 Å². The van der Waals surface area contributed by atoms with Crippen molar-refractivity contribution in [2.45, 2.75) is 5.16 Å². The van der Waals surface area contributed by atoms with Gasteiger partial charge >= 0.3 is 0 Å². The largest absolute Gasteiger partial charge is 0.497 e. The fraction of sp³-hybridized carbons (Fsp3) is 0.276. The van der Waals surface area contributed by atoms with Gasteiger partial charge in [0.2, 0.25) is 5.91 Å². The molecule has 39 heavy (non-hydrogen) atoms. The van der Waals surface area contributed by atoms with Crippen molar-refractivity contribution in [2.75, 3.05) is 58.2 Å². The highest BCUT2D eigenvalue weighted by Crippen LogP contribution is 2.31. The van der Waals surface area contributed by atoms with E-state index in [4.69, 9.17) is 14.2 Å². The highest BCUT2D eigenvalue weighted by atomic mass is 32.2. The molecule has 2 heterocycles. The molecule has 0 radical (unpaired) electrons. The highest BCUT2D eigenvalue weighted by Gasteiger charge is 2.24. The second-order valence-corrected chi connectivity index (χ2v) is 9.84. The average Bonchev–Trinajstić information content (AvgIpc) is 3.44. The summed E-state index contributed by atoms with van der Waals surface area (Å²) in [6.07, 6.45) is 0. The van der Waals surface area contributed by atoms with E-state index in [0.717, 1.165) is 47.3 Å². The second kappa shape index (κ2) is 12.1. The van der Waals surface area contributed by atoms with Crippen molar-refractivity contribution in [1.29, 1.82) is 0 Å². The zero-order valence-electron chi connectivity index (χ0n) is 22.2. The van der Waals surface area contributed by atoms with E-state index in [2.05, 4.69) is 21.2 Å². The van der Waals surface area contributed by atoms with Crippen LogP contribution >= 0.6 is 11.8 Å². The molecular formula is C29H31N5O4S. The van der Waals surface area contributed by atoms with E-state index in [1.807, 2.05) is 76.2 Å². The standard InChI is InChI=1S/C29H31N5O4S/c1-36-23-13-11-22(12-14-23)34-28(21-7-6-8-24(19-21)37-2)30-31-29(34)39-20-27(35)33-17-15-32(16-18-33)25-9-4-5-10-26(25)38-3/h4-14,19H,15-18,20H2,1-3H3. The monoisotopic (exact) mass is 545 g/mol. The van der Waals surface area contributed by atoms with Crippen LogP contribution in [0.5, 0.6) is 17.2 Å². The Bertz CT molecular complexity index is 1420. The van der Waals surface area contributed by atoms with E-state index in [9.17, 15) is 4.79 Å². The van der Waals surface area contributed by atoms with Gasteiger partial charge in [0.1, 0.15) is 17.2 Å². The quantitative estimate of drug-likeness (QED) is 0.286. The molecule has 5 rings (SSSR count). The topological polar surface area (TPSA) is 82.0 Å². The van der Waals surface area contributed by atoms with E-state index in [1.54, 1.807) is 21.3 Å². The number of benzene rings is 3. The first-order valence-electron chi connectivity index (χ1n) is 12.6. The van der Waals surface area contributed by atoms with Crippen LogP contribution in [-0.2, 0) is 4.79 Å². The Balaban J connectivity index is 1.31. The number of anilines is 1. The smallest absolute Gasteiger partial charge is 0.233 e. The van der Waals surface area contributed by atoms with E-state index in [1.165, 1.54) is 11.8 Å². The van der Waals surface area contributed by atoms with Crippen LogP contribution in [0.25, 0.3) is 17.1 Å². The third-order valence-corrected chi connectivity index (χ3v) is 7.59. The minimum absolute atomic E-state index is 0.0758. The molecular weight excluding hydrogens is 514 g/mol. The minimum atomic E-state index is 0.0758. The maximum absolute atomic E-state index is 13.2. The molecule has 1 amide bonds. The zero-order chi connectivity index (χ0) is 27.2. The Morgan fingerprint density at radius 2 is 1.56 bits per heavy atom. The van der Waals surface area contributed by atoms with E-state index >= 15 is 0 Å². The van der Waals surface area contributed by atoms with E-state index in [0.29, 0.717) is 24.1 Å². The van der Waals surface area contributed by atoms with Crippen LogP contribution < -0.4 is 19.1 Å². The summed E-state index contributed by atoms with van der Waals surface area (Å²) in [6.45, 7) is 2.80. The first-order chi connectivity index (χ1) is 19.1. The lowest BCUT2D eigenvalue weighted by Crippen LogP contribution is -2.49. The molecule has 0 aliphatic carbocycles. The third-order valence-electron chi connectivity index (χ3n) is 6.67. The van der Waals surface area contributed by atoms with Crippen molar-refractivity contribution in [3.63, 3.8) is 0 Å². The number of carbonyl (C=O) groups excluding carboxylic acids is 1. The number of nitrogens with zero attached hydrogens (tertiary/aromatic N) is 5. The Hall–Kier alpha value is -4.18. The maximum Gasteiger partial charge on any atom is 0.233 e. The van der Waals surface area contributed by atoms with Crippen molar-refractivity contribution in [1.82, 2.24) is 19.7 Å². The predicted octanol–water partition coefficient (Wildman–Crippen LogP) is 4.40. The minimum Gasteiger partial charge on any atom is -0.497 e. The van der Waals surface area contributed by atoms with Gasteiger partial charge in [-0.15, -0.1) is 10.2 Å². The summed E-state index contributed by atoms with van der Waals surface area (Å²) in [6, 6.07) is 23.4. The van der Waals surface area contributed by atoms with Gasteiger partial charge in [-0.25, -0.2) is 0 Å². The lowest BCUT2D eigenvalue weighted by atomic mass is 10.2. The van der Waals surface area contributed by atoms with Gasteiger partial charge in [-0.1, -0.05) is 36.0 Å². The molecule has 0 atom stereocenters. The highest BCUT2D eigenvalue weighted by molar-refractivity contribution is 7.99. The van der Waals surface area contributed by atoms with Crippen LogP contribution in [0.15, 0.2) is 78.0 Å². The van der Waals surface area contributed by atoms with Gasteiger partial charge in [0, 0.05) is 37.4 Å². The number of amides is 1. The number of ether oxygens (including phenoxy) is 3. The number of thioether (sulfide) groups is 1. The van der Waals surface area contributed by atoms with E-state index in [-0.39, 0.29) is 11.7 Å². The SMILES string of the molecule is COc1ccc(-n2c(SCC(=O)N3CCN(c4ccccc4OC)CC3)nnc2-c2cccc(OC)c2)cc1. The summed E-state index contributed by atoms with van der Waals surface area (Å²) in [5.74, 6) is 3.34. The molecule has 0 unspecified atom stereocenters. The van der Waals surface area contributed by atoms with Crippen molar-refractivity contribution in [2.24, 2.45) is 0 Å². The number of piperazine rings is 1. The molecule has 0 spiro atoms. The molecule has 0 saturated carbocycles. The van der Waals surface area contributed by atoms with Gasteiger partial charge in [0.25, 0.3) is 0 Å². The van der Waals surface area contributed by atoms with Crippen molar-refractivity contribution in [3.05, 3.63) is 72.8 Å². The number of hydrogen-bond acceptors (Lipinski definition) is 8. The lowest BCUT2D eigenvalue weighted by molar-refractivity contribution is -0.128. The van der Waals surface area contributed by atoms with Gasteiger partial charge in [0.15, 0.2) is 11.0 Å². The maximum atomic E-state index is 13.2. The van der Waals surface area contributed by atoms with Crippen LogP contribution in [0.4, 0.5) is 5.69 Å². The summed E-state index contributed by atoms with van der Waals surface area (Å²) < 4.78 is 18.2. The molecule has 0 bridgehead atoms. The third kappa shape index (κ3) is 5.80. The number of rotatable bonds is 9. The van der Waals surface area contributed by atoms with Crippen LogP contribution in [0.1, 0.15) is 0 Å². The summed E-state index contributed by atoms with van der Waals surface area (Å²) in [4.78, 5) is 17.4. The molecule has 10 heteroatoms. The molecule has 0 N–H and O–H groups in total. The van der Waals surface area contributed by atoms with E-state index < -0.39 is 0 Å². The number of para-hydroxylation sites is 2. The fourth-order valence-corrected chi connectivity index (χ4v) is 5.44. The summed E-state index contributed by atoms with van der Waals surface area (Å²) in [5.41, 5.74) is 2.79. The first-order valence-corrected chi connectivity index (χ1v) is 13.6. The molecule has 1 fully saturated rings. The zero-order valence-corrected chi connectivity index (χ0v) is 23.1. The van der Waals surface area contributed by atoms with Gasteiger partial charge in [-0.2, -0.15) is 0 Å². The van der Waals surface area contributed by atoms with Gasteiger partial charge in [0.05, 0.1) is 32.8 Å². The van der Waals surface area contributed by atoms with Crippen LogP contribution in [0, 0.1) is 0 Å². The second-order valence-electron chi connectivity index (χ2n) is 8.90. The van der Waals surface area contributed by atoms with Crippen molar-refractivity contribution in [3.8, 4) is 34.3 Å². The fourth-order valence-electron chi connectivity index (χ4n) is 4.58. The number of methoxy groups -OCH3 is 3. The van der Waals surface area contributed by atoms with Crippen LogP contribution in [0.2, 0.25) is 0 Å². The first kappa shape index (κ1) is 26.4. The predicted molar refractivity (Wildman–Crippen MR) is 152 cm³/mol. The van der Waals surface area contributed by atoms with Gasteiger partial charge < -0.3 is 24.0 Å². The normalized spacial score (nSPS) is 13.3. The average molecular weight is 546 g/mol. The number of carbonyl (C=O) groups is 1. The molecule has 1 aromatic heterocycles. The van der Waals surface area contributed by atoms with Crippen molar-refractivity contribution < 1.29 is 19.0 Å². The molecule has 202 valence electrons. The summed E-state index contributed by atoms with van der Waals surface area (Å²) >= 11 is 1.38. The summed E-state index contributed by atoms with van der Waals surface area (Å²) in [7, 11) is 4.95. The number of aromatic nitrogens is 3. The molecule has 1 saturated heterocycles. The van der Waals surface area contributed by atoms with Gasteiger partial charge in [-0.3, -0.25) is 9.36 Å². The Labute approximate surface area is 232 Å². The molecule has 1 aliphatic heterocycles. The van der Waals surface area contributed by atoms with Gasteiger partial charge in [-0.05, 0) is 48.5 Å². The molecule has 1 aliphatic rings. The Morgan fingerprint density at radius 1 is 0.821 bits per heavy atom. The molecule has 3 aromatic carbocycles. The number of hydrogen-bond donors (Lipinski definition) is 0. The Morgan fingerprint density at radius 3 is 2.28 bits per heavy atom. The molecule has 9 nitrogen and oxygen atoms in total.